The number of hydrogen-bond acceptors (Lipinski definition) is 7. The van der Waals surface area contributed by atoms with Crippen LogP contribution in [0.5, 0.6) is 0 Å². The quantitative estimate of drug-likeness (QED) is 0.116. The highest BCUT2D eigenvalue weighted by Gasteiger charge is 2.63. The molecule has 0 aliphatic heterocycles. The van der Waals surface area contributed by atoms with Gasteiger partial charge in [-0.3, -0.25) is 10.2 Å². The molecule has 39 heavy (non-hydrogen) atoms. The monoisotopic (exact) mass is 540 g/mol. The molecule has 0 unspecified atom stereocenters. The van der Waals surface area contributed by atoms with Gasteiger partial charge in [0.15, 0.2) is 6.61 Å². The van der Waals surface area contributed by atoms with Gasteiger partial charge < -0.3 is 25.7 Å². The number of oxime groups is 1. The lowest BCUT2D eigenvalue weighted by Gasteiger charge is -2.58. The van der Waals surface area contributed by atoms with E-state index in [1.54, 1.807) is 0 Å². The van der Waals surface area contributed by atoms with E-state index in [4.69, 9.17) is 27.1 Å². The Morgan fingerprint density at radius 2 is 2.00 bits per heavy atom. The van der Waals surface area contributed by atoms with Crippen molar-refractivity contribution in [3.05, 3.63) is 11.6 Å². The van der Waals surface area contributed by atoms with E-state index in [1.165, 1.54) is 12.7 Å². The van der Waals surface area contributed by atoms with Crippen LogP contribution in [0, 0.1) is 46.3 Å². The minimum absolute atomic E-state index is 0.0341. The third-order valence-electron chi connectivity index (χ3n) is 10.5. The molecule has 0 radical (unpaired) electrons. The van der Waals surface area contributed by atoms with Gasteiger partial charge in [-0.2, -0.15) is 0 Å². The van der Waals surface area contributed by atoms with Crippen molar-refractivity contribution in [1.29, 1.82) is 5.41 Å². The average molecular weight is 541 g/mol. The Morgan fingerprint density at radius 1 is 1.26 bits per heavy atom. The van der Waals surface area contributed by atoms with E-state index in [-0.39, 0.29) is 23.3 Å². The summed E-state index contributed by atoms with van der Waals surface area (Å²) in [6.07, 6.45) is 16.7. The first kappa shape index (κ1) is 29.1. The molecule has 214 valence electrons. The van der Waals surface area contributed by atoms with Crippen molar-refractivity contribution in [2.24, 2.45) is 39.5 Å². The molecule has 9 heteroatoms. The van der Waals surface area contributed by atoms with Crippen LogP contribution in [0.2, 0.25) is 0 Å². The second-order valence-electron chi connectivity index (χ2n) is 12.4. The molecular weight excluding hydrogens is 496 g/mol. The van der Waals surface area contributed by atoms with Crippen molar-refractivity contribution in [3.8, 4) is 12.3 Å². The number of esters is 1. The van der Waals surface area contributed by atoms with Crippen LogP contribution in [0.25, 0.3) is 0 Å². The number of amidine groups is 1. The lowest BCUT2D eigenvalue weighted by molar-refractivity contribution is -0.145. The molecule has 0 aromatic rings. The molecule has 7 atom stereocenters. The number of terminal acetylenes is 1. The van der Waals surface area contributed by atoms with Crippen LogP contribution in [0.15, 0.2) is 16.8 Å². The number of nitrogens with zero attached hydrogens (tertiary/aromatic N) is 1. The molecule has 3 fully saturated rings. The summed E-state index contributed by atoms with van der Waals surface area (Å²) < 4.78 is 4.78. The predicted octanol–water partition coefficient (Wildman–Crippen LogP) is 3.45. The molecule has 0 spiro atoms. The molecule has 0 saturated heterocycles. The molecule has 1 amide bonds. The fraction of sp³-hybridized carbons (Fsp3) is 0.733. The van der Waals surface area contributed by atoms with Crippen LogP contribution < -0.4 is 11.1 Å². The largest absolute Gasteiger partial charge is 0.467 e. The third kappa shape index (κ3) is 5.45. The Morgan fingerprint density at radius 3 is 2.69 bits per heavy atom. The van der Waals surface area contributed by atoms with Crippen molar-refractivity contribution in [2.45, 2.75) is 96.1 Å². The predicted molar refractivity (Wildman–Crippen MR) is 149 cm³/mol. The number of rotatable bonds is 9. The van der Waals surface area contributed by atoms with Crippen LogP contribution >= 0.6 is 0 Å². The Hall–Kier alpha value is -2.86. The number of nitrogens with two attached hydrogens (primary N) is 1. The van der Waals surface area contributed by atoms with Gasteiger partial charge in [0, 0.05) is 11.8 Å². The van der Waals surface area contributed by atoms with Gasteiger partial charge in [0.25, 0.3) is 5.91 Å². The number of hydrogen-bond donors (Lipinski definition) is 4. The normalized spacial score (nSPS) is 36.8. The van der Waals surface area contributed by atoms with E-state index < -0.39 is 23.5 Å². The molecular formula is C30H44N4O5. The number of carbonyl (C=O) groups excluding carboxylic acids is 2. The Kier molecular flexibility index (Phi) is 8.46. The Bertz CT molecular complexity index is 1100. The zero-order valence-corrected chi connectivity index (χ0v) is 23.6. The van der Waals surface area contributed by atoms with E-state index in [2.05, 4.69) is 36.3 Å². The van der Waals surface area contributed by atoms with Gasteiger partial charge in [0.2, 0.25) is 0 Å². The SMILES string of the molecule is C#C[C@@]1(O)CC[C@@H]2[C@@H]3CCC4=CC(=NOCC(=O)N[C@H](CCCC(=N)N)C(=O)OC)CC[C@]4(C)[C@H]3CC[C@@]21C. The van der Waals surface area contributed by atoms with Crippen LogP contribution in [0.4, 0.5) is 0 Å². The lowest BCUT2D eigenvalue weighted by Crippen LogP contribution is -2.54. The van der Waals surface area contributed by atoms with E-state index >= 15 is 0 Å². The van der Waals surface area contributed by atoms with Gasteiger partial charge in [0.1, 0.15) is 11.6 Å². The van der Waals surface area contributed by atoms with Crippen LogP contribution in [-0.2, 0) is 19.2 Å². The van der Waals surface area contributed by atoms with Crippen molar-refractivity contribution >= 4 is 23.4 Å². The number of fused-ring (bicyclic) bond motifs is 5. The summed E-state index contributed by atoms with van der Waals surface area (Å²) in [6, 6.07) is -0.820. The maximum absolute atomic E-state index is 12.4. The zero-order valence-electron chi connectivity index (χ0n) is 23.6. The van der Waals surface area contributed by atoms with Crippen LogP contribution in [0.3, 0.4) is 0 Å². The topological polar surface area (TPSA) is 147 Å². The van der Waals surface area contributed by atoms with Crippen molar-refractivity contribution in [2.75, 3.05) is 13.7 Å². The van der Waals surface area contributed by atoms with E-state index in [0.717, 1.165) is 50.7 Å². The Balaban J connectivity index is 1.35. The number of aliphatic hydroxyl groups is 1. The van der Waals surface area contributed by atoms with Gasteiger partial charge in [-0.15, -0.1) is 6.42 Å². The molecule has 5 N–H and O–H groups in total. The van der Waals surface area contributed by atoms with Gasteiger partial charge in [0.05, 0.1) is 18.7 Å². The van der Waals surface area contributed by atoms with Crippen LogP contribution in [-0.4, -0.2) is 53.9 Å². The van der Waals surface area contributed by atoms with Gasteiger partial charge >= 0.3 is 5.97 Å². The van der Waals surface area contributed by atoms with Crippen molar-refractivity contribution in [3.63, 3.8) is 0 Å². The molecule has 0 bridgehead atoms. The van der Waals surface area contributed by atoms with Crippen molar-refractivity contribution < 1.29 is 24.3 Å². The molecule has 4 aliphatic rings. The number of carbonyl (C=O) groups is 2. The summed E-state index contributed by atoms with van der Waals surface area (Å²) in [7, 11) is 1.27. The lowest BCUT2D eigenvalue weighted by atomic mass is 9.46. The first-order valence-electron chi connectivity index (χ1n) is 14.3. The van der Waals surface area contributed by atoms with Gasteiger partial charge in [-0.05, 0) is 93.5 Å². The second-order valence-corrected chi connectivity index (χ2v) is 12.4. The summed E-state index contributed by atoms with van der Waals surface area (Å²) in [4.78, 5) is 29.8. The van der Waals surface area contributed by atoms with Gasteiger partial charge in [-0.1, -0.05) is 30.5 Å². The minimum atomic E-state index is -0.985. The summed E-state index contributed by atoms with van der Waals surface area (Å²) >= 11 is 0. The molecule has 9 nitrogen and oxygen atoms in total. The molecule has 3 saturated carbocycles. The summed E-state index contributed by atoms with van der Waals surface area (Å²) in [6.45, 7) is 4.31. The molecule has 0 heterocycles. The summed E-state index contributed by atoms with van der Waals surface area (Å²) in [5, 5.41) is 25.4. The highest BCUT2D eigenvalue weighted by atomic mass is 16.6. The number of amides is 1. The van der Waals surface area contributed by atoms with E-state index in [1.807, 2.05) is 0 Å². The van der Waals surface area contributed by atoms with E-state index in [0.29, 0.717) is 43.4 Å². The number of allylic oxidation sites excluding steroid dienone is 2. The fourth-order valence-corrected chi connectivity index (χ4v) is 8.19. The summed E-state index contributed by atoms with van der Waals surface area (Å²) in [5.41, 5.74) is 6.54. The highest BCUT2D eigenvalue weighted by Crippen LogP contribution is 2.67. The maximum Gasteiger partial charge on any atom is 0.328 e. The van der Waals surface area contributed by atoms with Crippen LogP contribution in [0.1, 0.15) is 84.5 Å². The van der Waals surface area contributed by atoms with Crippen molar-refractivity contribution in [1.82, 2.24) is 5.32 Å². The standard InChI is InChI=1S/C30H44N4O5/c1-5-30(37)16-13-23-21-10-9-19-17-20(11-14-28(19,2)22(21)12-15-29(23,30)3)34-39-18-26(35)33-24(27(36)38-4)7-6-8-25(31)32/h1,17,21-24,37H,6-16,18H2,2-4H3,(H3,31,32)(H,33,35)/t21-,22+,23-,24-,28+,29+,30-/m1/s1. The minimum Gasteiger partial charge on any atom is -0.467 e. The molecule has 0 aromatic heterocycles. The third-order valence-corrected chi connectivity index (χ3v) is 10.5. The Labute approximate surface area is 231 Å². The smallest absolute Gasteiger partial charge is 0.328 e. The maximum atomic E-state index is 12.4. The number of methoxy groups -OCH3 is 1. The van der Waals surface area contributed by atoms with Gasteiger partial charge in [-0.25, -0.2) is 4.79 Å². The first-order chi connectivity index (χ1) is 18.5. The fourth-order valence-electron chi connectivity index (χ4n) is 8.19. The first-order valence-corrected chi connectivity index (χ1v) is 14.3. The molecule has 4 aliphatic carbocycles. The molecule has 0 aromatic carbocycles. The average Bonchev–Trinajstić information content (AvgIpc) is 3.18. The molecule has 4 rings (SSSR count). The second kappa shape index (κ2) is 11.3. The summed E-state index contributed by atoms with van der Waals surface area (Å²) in [5.74, 6) is 3.39. The number of ether oxygens (including phenoxy) is 1. The number of nitrogens with one attached hydrogen (secondary N) is 2. The zero-order chi connectivity index (χ0) is 28.4. The van der Waals surface area contributed by atoms with E-state index in [9.17, 15) is 14.7 Å². The highest BCUT2D eigenvalue weighted by molar-refractivity contribution is 5.96.